The van der Waals surface area contributed by atoms with E-state index in [2.05, 4.69) is 5.10 Å². The zero-order valence-electron chi connectivity index (χ0n) is 12.7. The predicted molar refractivity (Wildman–Crippen MR) is 86.6 cm³/mol. The van der Waals surface area contributed by atoms with Crippen LogP contribution in [-0.4, -0.2) is 33.7 Å². The molecule has 1 aliphatic carbocycles. The van der Waals surface area contributed by atoms with Gasteiger partial charge in [0.15, 0.2) is 0 Å². The van der Waals surface area contributed by atoms with E-state index in [1.807, 2.05) is 35.2 Å². The summed E-state index contributed by atoms with van der Waals surface area (Å²) >= 11 is 6.41. The fraction of sp³-hybridized carbons (Fsp3) is 0.412. The molecule has 4 rings (SSSR count). The van der Waals surface area contributed by atoms with Crippen molar-refractivity contribution in [2.45, 2.75) is 26.0 Å². The van der Waals surface area contributed by atoms with Crippen LogP contribution in [0, 0.1) is 5.92 Å². The van der Waals surface area contributed by atoms with Gasteiger partial charge >= 0.3 is 0 Å². The number of nitrogens with zero attached hydrogens (tertiary/aromatic N) is 3. The summed E-state index contributed by atoms with van der Waals surface area (Å²) in [5.41, 5.74) is 1.12. The molecular formula is C17H18ClN3O2. The Morgan fingerprint density at radius 1 is 1.22 bits per heavy atom. The molecule has 1 aromatic carbocycles. The number of fused-ring (bicyclic) bond motifs is 1. The third-order valence-electron chi connectivity index (χ3n) is 4.33. The first-order valence-electron chi connectivity index (χ1n) is 7.94. The van der Waals surface area contributed by atoms with Crippen molar-refractivity contribution in [1.82, 2.24) is 14.7 Å². The molecule has 1 amide bonds. The molecule has 2 heterocycles. The molecule has 1 aromatic heterocycles. The van der Waals surface area contributed by atoms with Crippen LogP contribution in [-0.2, 0) is 13.2 Å². The van der Waals surface area contributed by atoms with Gasteiger partial charge in [0.25, 0.3) is 5.91 Å². The number of para-hydroxylation sites is 1. The molecule has 5 nitrogen and oxygen atoms in total. The molecule has 0 saturated heterocycles. The molecule has 0 bridgehead atoms. The Morgan fingerprint density at radius 2 is 2.00 bits per heavy atom. The number of halogens is 1. The smallest absolute Gasteiger partial charge is 0.273 e. The fourth-order valence-corrected chi connectivity index (χ4v) is 3.14. The summed E-state index contributed by atoms with van der Waals surface area (Å²) in [7, 11) is 0. The van der Waals surface area contributed by atoms with Gasteiger partial charge < -0.3 is 9.64 Å². The van der Waals surface area contributed by atoms with Gasteiger partial charge in [-0.05, 0) is 30.9 Å². The number of amides is 1. The first-order chi connectivity index (χ1) is 11.2. The summed E-state index contributed by atoms with van der Waals surface area (Å²) in [6, 6.07) is 9.52. The van der Waals surface area contributed by atoms with E-state index in [0.29, 0.717) is 35.4 Å². The third kappa shape index (κ3) is 2.93. The van der Waals surface area contributed by atoms with Crippen molar-refractivity contribution in [3.05, 3.63) is 46.7 Å². The van der Waals surface area contributed by atoms with Gasteiger partial charge in [-0.3, -0.25) is 9.48 Å². The van der Waals surface area contributed by atoms with Gasteiger partial charge in [0.1, 0.15) is 23.7 Å². The van der Waals surface area contributed by atoms with E-state index < -0.39 is 0 Å². The Morgan fingerprint density at radius 3 is 2.74 bits per heavy atom. The molecule has 120 valence electrons. The minimum Gasteiger partial charge on any atom is -0.487 e. The number of benzene rings is 1. The molecule has 0 N–H and O–H groups in total. The van der Waals surface area contributed by atoms with E-state index in [-0.39, 0.29) is 12.5 Å². The van der Waals surface area contributed by atoms with Crippen LogP contribution in [0.5, 0.6) is 5.75 Å². The van der Waals surface area contributed by atoms with E-state index in [1.165, 1.54) is 12.8 Å². The number of rotatable bonds is 5. The molecule has 2 aromatic rings. The Bertz CT molecular complexity index is 725. The highest BCUT2D eigenvalue weighted by Crippen LogP contribution is 2.32. The molecule has 6 heteroatoms. The summed E-state index contributed by atoms with van der Waals surface area (Å²) in [6.45, 7) is 2.51. The highest BCUT2D eigenvalue weighted by atomic mass is 35.5. The monoisotopic (exact) mass is 331 g/mol. The lowest BCUT2D eigenvalue weighted by atomic mass is 10.2. The van der Waals surface area contributed by atoms with E-state index in [4.69, 9.17) is 16.3 Å². The van der Waals surface area contributed by atoms with Gasteiger partial charge in [-0.1, -0.05) is 29.8 Å². The fourth-order valence-electron chi connectivity index (χ4n) is 2.87. The highest BCUT2D eigenvalue weighted by Gasteiger charge is 2.34. The minimum absolute atomic E-state index is 0.00777. The van der Waals surface area contributed by atoms with Gasteiger partial charge in [0.2, 0.25) is 0 Å². The quantitative estimate of drug-likeness (QED) is 0.846. The van der Waals surface area contributed by atoms with Crippen molar-refractivity contribution >= 4 is 17.5 Å². The molecule has 23 heavy (non-hydrogen) atoms. The molecule has 1 fully saturated rings. The van der Waals surface area contributed by atoms with Gasteiger partial charge in [-0.15, -0.1) is 0 Å². The molecule has 1 saturated carbocycles. The Kier molecular flexibility index (Phi) is 3.73. The van der Waals surface area contributed by atoms with Gasteiger partial charge in [0, 0.05) is 13.1 Å². The Hall–Kier alpha value is -2.01. The maximum absolute atomic E-state index is 12.6. The zero-order chi connectivity index (χ0) is 15.8. The second-order valence-electron chi connectivity index (χ2n) is 6.13. The molecule has 1 aliphatic heterocycles. The van der Waals surface area contributed by atoms with Crippen LogP contribution in [0.2, 0.25) is 5.02 Å². The second kappa shape index (κ2) is 5.89. The lowest BCUT2D eigenvalue weighted by molar-refractivity contribution is 0.0689. The SMILES string of the molecule is O=C1c2c(Cl)c(COc3ccccc3)nn2CCN1CC1CC1. The van der Waals surface area contributed by atoms with Crippen molar-refractivity contribution in [2.75, 3.05) is 13.1 Å². The normalized spacial score (nSPS) is 17.3. The molecule has 0 radical (unpaired) electrons. The van der Waals surface area contributed by atoms with Crippen molar-refractivity contribution in [1.29, 1.82) is 0 Å². The summed E-state index contributed by atoms with van der Waals surface area (Å²) < 4.78 is 7.42. The lowest BCUT2D eigenvalue weighted by Crippen LogP contribution is -2.41. The van der Waals surface area contributed by atoms with Crippen molar-refractivity contribution in [3.8, 4) is 5.75 Å². The molecular weight excluding hydrogens is 314 g/mol. The van der Waals surface area contributed by atoms with Crippen LogP contribution in [0.25, 0.3) is 0 Å². The Balaban J connectivity index is 1.51. The molecule has 0 unspecified atom stereocenters. The van der Waals surface area contributed by atoms with Crippen molar-refractivity contribution in [2.24, 2.45) is 5.92 Å². The summed E-state index contributed by atoms with van der Waals surface area (Å²) in [5, 5.41) is 4.88. The maximum Gasteiger partial charge on any atom is 0.273 e. The van der Waals surface area contributed by atoms with E-state index in [0.717, 1.165) is 12.3 Å². The van der Waals surface area contributed by atoms with Gasteiger partial charge in [0.05, 0.1) is 11.6 Å². The number of carbonyl (C=O) groups is 1. The van der Waals surface area contributed by atoms with E-state index >= 15 is 0 Å². The summed E-state index contributed by atoms with van der Waals surface area (Å²) in [4.78, 5) is 14.5. The second-order valence-corrected chi connectivity index (χ2v) is 6.51. The number of hydrogen-bond donors (Lipinski definition) is 0. The third-order valence-corrected chi connectivity index (χ3v) is 4.72. The summed E-state index contributed by atoms with van der Waals surface area (Å²) in [6.07, 6.45) is 2.46. The maximum atomic E-state index is 12.6. The van der Waals surface area contributed by atoms with Crippen LogP contribution in [0.3, 0.4) is 0 Å². The van der Waals surface area contributed by atoms with Crippen LogP contribution in [0.1, 0.15) is 29.0 Å². The van der Waals surface area contributed by atoms with Crippen LogP contribution in [0.4, 0.5) is 0 Å². The van der Waals surface area contributed by atoms with Crippen LogP contribution >= 0.6 is 11.6 Å². The standard InChI is InChI=1S/C17H18ClN3O2/c18-15-14(11-23-13-4-2-1-3-5-13)19-21-9-8-20(10-12-6-7-12)17(22)16(15)21/h1-5,12H,6-11H2. The minimum atomic E-state index is -0.00777. The largest absolute Gasteiger partial charge is 0.487 e. The zero-order valence-corrected chi connectivity index (χ0v) is 13.5. The first-order valence-corrected chi connectivity index (χ1v) is 8.32. The average Bonchev–Trinajstić information content (AvgIpc) is 3.32. The average molecular weight is 332 g/mol. The number of ether oxygens (including phenoxy) is 1. The molecule has 0 atom stereocenters. The Labute approximate surface area is 139 Å². The van der Waals surface area contributed by atoms with Crippen LogP contribution in [0.15, 0.2) is 30.3 Å². The van der Waals surface area contributed by atoms with E-state index in [1.54, 1.807) is 4.68 Å². The predicted octanol–water partition coefficient (Wildman–Crippen LogP) is 2.98. The topological polar surface area (TPSA) is 47.4 Å². The molecule has 0 spiro atoms. The van der Waals surface area contributed by atoms with E-state index in [9.17, 15) is 4.79 Å². The van der Waals surface area contributed by atoms with Crippen LogP contribution < -0.4 is 4.74 Å². The number of carbonyl (C=O) groups excluding carboxylic acids is 1. The number of aromatic nitrogens is 2. The van der Waals surface area contributed by atoms with Crippen molar-refractivity contribution in [3.63, 3.8) is 0 Å². The van der Waals surface area contributed by atoms with Gasteiger partial charge in [-0.25, -0.2) is 0 Å². The summed E-state index contributed by atoms with van der Waals surface area (Å²) in [5.74, 6) is 1.43. The highest BCUT2D eigenvalue weighted by molar-refractivity contribution is 6.34. The van der Waals surface area contributed by atoms with Crippen molar-refractivity contribution < 1.29 is 9.53 Å². The van der Waals surface area contributed by atoms with Gasteiger partial charge in [-0.2, -0.15) is 5.10 Å². The molecule has 2 aliphatic rings. The lowest BCUT2D eigenvalue weighted by Gasteiger charge is -2.27. The number of hydrogen-bond acceptors (Lipinski definition) is 3. The first kappa shape index (κ1) is 14.6.